The topological polar surface area (TPSA) is 67.8 Å². The van der Waals surface area contributed by atoms with Crippen molar-refractivity contribution in [2.45, 2.75) is 6.61 Å². The van der Waals surface area contributed by atoms with Gasteiger partial charge in [-0.1, -0.05) is 78.9 Å². The van der Waals surface area contributed by atoms with Gasteiger partial charge < -0.3 is 4.74 Å². The Balaban J connectivity index is 1.14. The van der Waals surface area contributed by atoms with Crippen LogP contribution in [0, 0.1) is 0 Å². The third kappa shape index (κ3) is 3.83. The number of carbonyl (C=O) groups is 2. The van der Waals surface area contributed by atoms with Crippen molar-refractivity contribution in [3.63, 3.8) is 0 Å². The van der Waals surface area contributed by atoms with E-state index in [1.54, 1.807) is 18.2 Å². The molecule has 1 aliphatic rings. The van der Waals surface area contributed by atoms with Crippen molar-refractivity contribution in [3.8, 4) is 5.75 Å². The molecule has 0 saturated carbocycles. The quantitative estimate of drug-likeness (QED) is 0.335. The first-order valence-electron chi connectivity index (χ1n) is 11.3. The zero-order valence-corrected chi connectivity index (χ0v) is 18.7. The summed E-state index contributed by atoms with van der Waals surface area (Å²) in [6.07, 6.45) is 0. The summed E-state index contributed by atoms with van der Waals surface area (Å²) < 4.78 is 5.93. The largest absolute Gasteiger partial charge is 0.489 e. The fourth-order valence-corrected chi connectivity index (χ4v) is 4.44. The predicted molar refractivity (Wildman–Crippen MR) is 137 cm³/mol. The van der Waals surface area contributed by atoms with Crippen LogP contribution in [-0.4, -0.2) is 17.4 Å². The van der Waals surface area contributed by atoms with Gasteiger partial charge >= 0.3 is 0 Å². The van der Waals surface area contributed by atoms with E-state index in [2.05, 4.69) is 22.7 Å². The molecule has 0 saturated heterocycles. The summed E-state index contributed by atoms with van der Waals surface area (Å²) in [5.74, 6) is 0.229. The lowest BCUT2D eigenvalue weighted by Crippen LogP contribution is -2.22. The van der Waals surface area contributed by atoms with E-state index in [9.17, 15) is 9.59 Å². The fourth-order valence-electron chi connectivity index (χ4n) is 4.44. The number of rotatable bonds is 5. The van der Waals surface area contributed by atoms with Crippen molar-refractivity contribution in [1.29, 1.82) is 0 Å². The molecular weight excluding hydrogens is 436 g/mol. The maximum absolute atomic E-state index is 12.8. The molecule has 0 spiro atoms. The number of nitrogens with zero attached hydrogens (tertiary/aromatic N) is 1. The van der Waals surface area contributed by atoms with Gasteiger partial charge in [0.1, 0.15) is 18.1 Å². The molecular formula is C30H20N2O3. The predicted octanol–water partition coefficient (Wildman–Crippen LogP) is 5.90. The van der Waals surface area contributed by atoms with Crippen LogP contribution in [0.4, 0.5) is 0 Å². The minimum absolute atomic E-state index is 0.182. The molecule has 6 rings (SSSR count). The number of Topliss-reactive ketones (excluding diaryl/α,β-unsaturated/α-hetero) is 1. The Morgan fingerprint density at radius 1 is 0.743 bits per heavy atom. The van der Waals surface area contributed by atoms with Gasteiger partial charge in [0.05, 0.1) is 0 Å². The van der Waals surface area contributed by atoms with Crippen molar-refractivity contribution in [2.75, 3.05) is 0 Å². The summed E-state index contributed by atoms with van der Waals surface area (Å²) >= 11 is 0. The highest BCUT2D eigenvalue weighted by Crippen LogP contribution is 2.30. The first kappa shape index (κ1) is 20.8. The molecule has 5 nitrogen and oxygen atoms in total. The Labute approximate surface area is 201 Å². The van der Waals surface area contributed by atoms with Gasteiger partial charge in [-0.3, -0.25) is 9.59 Å². The first-order chi connectivity index (χ1) is 17.2. The van der Waals surface area contributed by atoms with Crippen LogP contribution >= 0.6 is 0 Å². The van der Waals surface area contributed by atoms with E-state index in [1.165, 1.54) is 5.39 Å². The summed E-state index contributed by atoms with van der Waals surface area (Å²) in [5.41, 5.74) is 5.54. The maximum atomic E-state index is 12.8. The summed E-state index contributed by atoms with van der Waals surface area (Å²) in [6, 6.07) is 32.6. The van der Waals surface area contributed by atoms with Gasteiger partial charge in [0, 0.05) is 22.1 Å². The summed E-state index contributed by atoms with van der Waals surface area (Å²) in [5, 5.41) is 8.33. The molecule has 0 heterocycles. The molecule has 35 heavy (non-hydrogen) atoms. The Bertz CT molecular complexity index is 1650. The number of benzene rings is 5. The second kappa shape index (κ2) is 8.54. The molecule has 0 radical (unpaired) electrons. The number of nitrogens with one attached hydrogen (secondary N) is 1. The number of fused-ring (bicyclic) bond motifs is 1. The molecule has 1 N–H and O–H groups in total. The van der Waals surface area contributed by atoms with Crippen LogP contribution in [0.25, 0.3) is 21.5 Å². The molecule has 168 valence electrons. The average Bonchev–Trinajstić information content (AvgIpc) is 3.18. The van der Waals surface area contributed by atoms with Gasteiger partial charge in [0.15, 0.2) is 0 Å². The van der Waals surface area contributed by atoms with Crippen molar-refractivity contribution in [3.05, 3.63) is 125 Å². The van der Waals surface area contributed by atoms with Gasteiger partial charge in [-0.15, -0.1) is 0 Å². The highest BCUT2D eigenvalue weighted by Gasteiger charge is 2.28. The smallest absolute Gasteiger partial charge is 0.271 e. The Morgan fingerprint density at radius 3 is 2.26 bits per heavy atom. The second-order valence-corrected chi connectivity index (χ2v) is 8.43. The lowest BCUT2D eigenvalue weighted by Gasteiger charge is -2.08. The molecule has 1 aliphatic carbocycles. The summed E-state index contributed by atoms with van der Waals surface area (Å²) in [4.78, 5) is 25.5. The number of hydrogen-bond acceptors (Lipinski definition) is 4. The molecule has 5 aromatic rings. The number of hydrazone groups is 1. The molecule has 0 atom stereocenters. The SMILES string of the molecule is O=C(NN=C1C(=O)c2cccc3cccc1c23)c1ccc(COc2ccc3ccccc3c2)cc1. The van der Waals surface area contributed by atoms with Crippen molar-refractivity contribution in [2.24, 2.45) is 5.10 Å². The molecule has 5 heteroatoms. The number of amides is 1. The monoisotopic (exact) mass is 456 g/mol. The lowest BCUT2D eigenvalue weighted by atomic mass is 10.1. The van der Waals surface area contributed by atoms with Gasteiger partial charge in [0.25, 0.3) is 5.91 Å². The number of carbonyl (C=O) groups excluding carboxylic acids is 2. The van der Waals surface area contributed by atoms with Gasteiger partial charge in [-0.25, -0.2) is 5.43 Å². The molecule has 0 fully saturated rings. The zero-order chi connectivity index (χ0) is 23.8. The van der Waals surface area contributed by atoms with E-state index in [1.807, 2.05) is 72.8 Å². The first-order valence-corrected chi connectivity index (χ1v) is 11.3. The average molecular weight is 457 g/mol. The fraction of sp³-hybridized carbons (Fsp3) is 0.0333. The highest BCUT2D eigenvalue weighted by atomic mass is 16.5. The molecule has 0 bridgehead atoms. The van der Waals surface area contributed by atoms with Crippen LogP contribution in [0.5, 0.6) is 5.75 Å². The third-order valence-electron chi connectivity index (χ3n) is 6.23. The van der Waals surface area contributed by atoms with E-state index in [-0.39, 0.29) is 17.4 Å². The molecule has 0 aromatic heterocycles. The second-order valence-electron chi connectivity index (χ2n) is 8.43. The number of hydrogen-bond donors (Lipinski definition) is 1. The summed E-state index contributed by atoms with van der Waals surface area (Å²) in [6.45, 7) is 0.388. The Kier molecular flexibility index (Phi) is 5.08. The molecule has 1 amide bonds. The van der Waals surface area contributed by atoms with Crippen LogP contribution in [-0.2, 0) is 6.61 Å². The van der Waals surface area contributed by atoms with E-state index >= 15 is 0 Å². The Hall–Kier alpha value is -4.77. The number of ether oxygens (including phenoxy) is 1. The van der Waals surface area contributed by atoms with Crippen molar-refractivity contribution in [1.82, 2.24) is 5.43 Å². The van der Waals surface area contributed by atoms with Crippen LogP contribution in [0.2, 0.25) is 0 Å². The number of ketones is 1. The summed E-state index contributed by atoms with van der Waals surface area (Å²) in [7, 11) is 0. The van der Waals surface area contributed by atoms with Crippen LogP contribution < -0.4 is 10.2 Å². The van der Waals surface area contributed by atoms with Crippen LogP contribution in [0.15, 0.2) is 108 Å². The van der Waals surface area contributed by atoms with Gasteiger partial charge in [-0.05, 0) is 46.0 Å². The molecule has 5 aromatic carbocycles. The Morgan fingerprint density at radius 2 is 1.46 bits per heavy atom. The van der Waals surface area contributed by atoms with Crippen LogP contribution in [0.1, 0.15) is 31.8 Å². The highest BCUT2D eigenvalue weighted by molar-refractivity contribution is 6.59. The minimum atomic E-state index is -0.379. The molecule has 0 unspecified atom stereocenters. The van der Waals surface area contributed by atoms with Crippen LogP contribution in [0.3, 0.4) is 0 Å². The normalized spacial score (nSPS) is 13.5. The van der Waals surface area contributed by atoms with Gasteiger partial charge in [-0.2, -0.15) is 5.10 Å². The van der Waals surface area contributed by atoms with E-state index in [0.29, 0.717) is 17.7 Å². The lowest BCUT2D eigenvalue weighted by molar-refractivity contribution is 0.0955. The standard InChI is InChI=1S/C30H20N2O3/c33-29-26-10-4-8-21-7-3-9-25(27(21)26)28(29)31-32-30(34)22-13-11-19(12-14-22)18-35-24-16-15-20-5-1-2-6-23(20)17-24/h1-17H,18H2,(H,32,34). The van der Waals surface area contributed by atoms with Crippen molar-refractivity contribution < 1.29 is 14.3 Å². The third-order valence-corrected chi connectivity index (χ3v) is 6.23. The van der Waals surface area contributed by atoms with E-state index < -0.39 is 0 Å². The zero-order valence-electron chi connectivity index (χ0n) is 18.7. The van der Waals surface area contributed by atoms with E-state index in [0.717, 1.165) is 33.0 Å². The minimum Gasteiger partial charge on any atom is -0.489 e. The maximum Gasteiger partial charge on any atom is 0.271 e. The van der Waals surface area contributed by atoms with E-state index in [4.69, 9.17) is 4.74 Å². The molecule has 0 aliphatic heterocycles. The van der Waals surface area contributed by atoms with Crippen molar-refractivity contribution >= 4 is 38.9 Å². The van der Waals surface area contributed by atoms with Gasteiger partial charge in [0.2, 0.25) is 5.78 Å².